The second-order valence-corrected chi connectivity index (χ2v) is 5.42. The summed E-state index contributed by atoms with van der Waals surface area (Å²) in [6, 6.07) is 10.9. The summed E-state index contributed by atoms with van der Waals surface area (Å²) in [6.45, 7) is 4.86. The van der Waals surface area contributed by atoms with Gasteiger partial charge in [0.2, 0.25) is 0 Å². The molecule has 0 saturated carbocycles. The van der Waals surface area contributed by atoms with Crippen LogP contribution in [0.2, 0.25) is 10.0 Å². The molecule has 0 aliphatic carbocycles. The predicted octanol–water partition coefficient (Wildman–Crippen LogP) is 5.24. The lowest BCUT2D eigenvalue weighted by Gasteiger charge is -2.13. The molecule has 23 heavy (non-hydrogen) atoms. The van der Waals surface area contributed by atoms with Gasteiger partial charge < -0.3 is 9.47 Å². The minimum atomic E-state index is 0.491. The van der Waals surface area contributed by atoms with E-state index in [9.17, 15) is 0 Å². The van der Waals surface area contributed by atoms with Gasteiger partial charge in [-0.15, -0.1) is 0 Å². The van der Waals surface area contributed by atoms with E-state index >= 15 is 0 Å². The maximum Gasteiger partial charge on any atom is 0.179 e. The van der Waals surface area contributed by atoms with E-state index < -0.39 is 0 Å². The first kappa shape index (κ1) is 17.4. The van der Waals surface area contributed by atoms with Gasteiger partial charge in [0.1, 0.15) is 0 Å². The van der Waals surface area contributed by atoms with E-state index in [1.54, 1.807) is 24.4 Å². The van der Waals surface area contributed by atoms with Crippen LogP contribution in [0.3, 0.4) is 0 Å². The quantitative estimate of drug-likeness (QED) is 0.547. The van der Waals surface area contributed by atoms with Crippen molar-refractivity contribution in [2.45, 2.75) is 13.8 Å². The molecule has 0 aromatic heterocycles. The second kappa shape index (κ2) is 8.65. The molecule has 6 heteroatoms. The third-order valence-corrected chi connectivity index (χ3v) is 3.40. The molecule has 0 amide bonds. The van der Waals surface area contributed by atoms with Gasteiger partial charge in [-0.25, -0.2) is 0 Å². The van der Waals surface area contributed by atoms with E-state index in [0.717, 1.165) is 11.3 Å². The average Bonchev–Trinajstić information content (AvgIpc) is 2.53. The molecule has 0 spiro atoms. The van der Waals surface area contributed by atoms with E-state index in [1.165, 1.54) is 0 Å². The van der Waals surface area contributed by atoms with Crippen LogP contribution in [0.25, 0.3) is 0 Å². The fourth-order valence-corrected chi connectivity index (χ4v) is 2.32. The number of halogens is 2. The third-order valence-electron chi connectivity index (χ3n) is 2.87. The smallest absolute Gasteiger partial charge is 0.179 e. The van der Waals surface area contributed by atoms with Crippen LogP contribution in [0.15, 0.2) is 41.5 Å². The van der Waals surface area contributed by atoms with Crippen molar-refractivity contribution in [3.63, 3.8) is 0 Å². The van der Waals surface area contributed by atoms with Gasteiger partial charge in [-0.05, 0) is 55.8 Å². The molecule has 4 nitrogen and oxygen atoms in total. The summed E-state index contributed by atoms with van der Waals surface area (Å²) < 4.78 is 11.1. The summed E-state index contributed by atoms with van der Waals surface area (Å²) in [7, 11) is 0. The second-order valence-electron chi connectivity index (χ2n) is 4.57. The zero-order valence-corrected chi connectivity index (χ0v) is 14.5. The Labute approximate surface area is 146 Å². The molecule has 0 fully saturated rings. The molecule has 2 aromatic rings. The van der Waals surface area contributed by atoms with E-state index in [1.807, 2.05) is 32.0 Å². The Balaban J connectivity index is 2.15. The van der Waals surface area contributed by atoms with Crippen molar-refractivity contribution < 1.29 is 9.47 Å². The van der Waals surface area contributed by atoms with Crippen LogP contribution in [-0.2, 0) is 0 Å². The molecule has 122 valence electrons. The first-order chi connectivity index (χ1) is 11.1. The molecular weight excluding hydrogens is 335 g/mol. The number of anilines is 1. The predicted molar refractivity (Wildman–Crippen MR) is 96.5 cm³/mol. The standard InChI is InChI=1S/C17H18Cl2N2O2/c1-3-22-16-10-12(9-15(19)17(16)23-4-2)11-20-21-14-7-5-13(18)6-8-14/h5-11,21H,3-4H2,1-2H3/b20-11+. The highest BCUT2D eigenvalue weighted by atomic mass is 35.5. The van der Waals surface area contributed by atoms with Gasteiger partial charge in [-0.3, -0.25) is 5.43 Å². The van der Waals surface area contributed by atoms with Crippen LogP contribution >= 0.6 is 23.2 Å². The number of ether oxygens (including phenoxy) is 2. The topological polar surface area (TPSA) is 42.8 Å². The van der Waals surface area contributed by atoms with Crippen LogP contribution < -0.4 is 14.9 Å². The van der Waals surface area contributed by atoms with Gasteiger partial charge in [0, 0.05) is 5.02 Å². The van der Waals surface area contributed by atoms with Gasteiger partial charge in [0.15, 0.2) is 11.5 Å². The fraction of sp³-hybridized carbons (Fsp3) is 0.235. The van der Waals surface area contributed by atoms with Gasteiger partial charge in [0.05, 0.1) is 30.1 Å². The van der Waals surface area contributed by atoms with Crippen molar-refractivity contribution in [2.75, 3.05) is 18.6 Å². The molecular formula is C17H18Cl2N2O2. The van der Waals surface area contributed by atoms with Crippen LogP contribution in [0.1, 0.15) is 19.4 Å². The van der Waals surface area contributed by atoms with Crippen molar-refractivity contribution in [3.05, 3.63) is 52.0 Å². The Morgan fingerprint density at radius 3 is 2.39 bits per heavy atom. The Kier molecular flexibility index (Phi) is 6.56. The molecule has 0 aliphatic rings. The number of hydrogen-bond donors (Lipinski definition) is 1. The number of benzene rings is 2. The highest BCUT2D eigenvalue weighted by Crippen LogP contribution is 2.36. The SMILES string of the molecule is CCOc1cc(/C=N/Nc2ccc(Cl)cc2)cc(Cl)c1OCC. The Morgan fingerprint density at radius 2 is 1.74 bits per heavy atom. The third kappa shape index (κ3) is 5.05. The summed E-state index contributed by atoms with van der Waals surface area (Å²) in [5.74, 6) is 1.16. The fourth-order valence-electron chi connectivity index (χ4n) is 1.92. The molecule has 0 saturated heterocycles. The molecule has 0 radical (unpaired) electrons. The largest absolute Gasteiger partial charge is 0.490 e. The lowest BCUT2D eigenvalue weighted by Crippen LogP contribution is -2.00. The molecule has 0 aliphatic heterocycles. The Bertz CT molecular complexity index is 673. The normalized spacial score (nSPS) is 10.8. The van der Waals surface area contributed by atoms with E-state index in [4.69, 9.17) is 32.7 Å². The monoisotopic (exact) mass is 352 g/mol. The van der Waals surface area contributed by atoms with Gasteiger partial charge in [0.25, 0.3) is 0 Å². The van der Waals surface area contributed by atoms with Crippen molar-refractivity contribution in [1.29, 1.82) is 0 Å². The summed E-state index contributed by atoms with van der Waals surface area (Å²) in [6.07, 6.45) is 1.67. The molecule has 1 N–H and O–H groups in total. The summed E-state index contributed by atoms with van der Waals surface area (Å²) >= 11 is 12.1. The maximum absolute atomic E-state index is 6.26. The minimum absolute atomic E-state index is 0.491. The Hall–Kier alpha value is -1.91. The highest BCUT2D eigenvalue weighted by Gasteiger charge is 2.11. The first-order valence-corrected chi connectivity index (χ1v) is 8.03. The molecule has 0 heterocycles. The van der Waals surface area contributed by atoms with Gasteiger partial charge in [-0.2, -0.15) is 5.10 Å². The zero-order valence-electron chi connectivity index (χ0n) is 13.0. The summed E-state index contributed by atoms with van der Waals surface area (Å²) in [4.78, 5) is 0. The number of hydrogen-bond acceptors (Lipinski definition) is 4. The van der Waals surface area contributed by atoms with Crippen LogP contribution in [-0.4, -0.2) is 19.4 Å². The maximum atomic E-state index is 6.26. The van der Waals surface area contributed by atoms with Crippen molar-refractivity contribution >= 4 is 35.1 Å². The lowest BCUT2D eigenvalue weighted by atomic mass is 10.2. The van der Waals surface area contributed by atoms with E-state index in [2.05, 4.69) is 10.5 Å². The molecule has 0 bridgehead atoms. The molecule has 2 aromatic carbocycles. The zero-order chi connectivity index (χ0) is 16.7. The molecule has 0 atom stereocenters. The van der Waals surface area contributed by atoms with Crippen LogP contribution in [0, 0.1) is 0 Å². The number of nitrogens with zero attached hydrogens (tertiary/aromatic N) is 1. The molecule has 0 unspecified atom stereocenters. The van der Waals surface area contributed by atoms with Crippen molar-refractivity contribution in [3.8, 4) is 11.5 Å². The van der Waals surface area contributed by atoms with E-state index in [-0.39, 0.29) is 0 Å². The number of nitrogens with one attached hydrogen (secondary N) is 1. The summed E-state index contributed by atoms with van der Waals surface area (Å²) in [5.41, 5.74) is 4.58. The summed E-state index contributed by atoms with van der Waals surface area (Å²) in [5, 5.41) is 5.36. The molecule has 2 rings (SSSR count). The van der Waals surface area contributed by atoms with E-state index in [0.29, 0.717) is 34.8 Å². The minimum Gasteiger partial charge on any atom is -0.490 e. The van der Waals surface area contributed by atoms with Gasteiger partial charge in [-0.1, -0.05) is 23.2 Å². The van der Waals surface area contributed by atoms with Gasteiger partial charge >= 0.3 is 0 Å². The average molecular weight is 353 g/mol. The Morgan fingerprint density at radius 1 is 1.04 bits per heavy atom. The van der Waals surface area contributed by atoms with Crippen LogP contribution in [0.5, 0.6) is 11.5 Å². The number of hydrazone groups is 1. The lowest BCUT2D eigenvalue weighted by molar-refractivity contribution is 0.288. The number of rotatable bonds is 7. The van der Waals surface area contributed by atoms with Crippen molar-refractivity contribution in [1.82, 2.24) is 0 Å². The first-order valence-electron chi connectivity index (χ1n) is 7.27. The highest BCUT2D eigenvalue weighted by molar-refractivity contribution is 6.32. The van der Waals surface area contributed by atoms with Crippen molar-refractivity contribution in [2.24, 2.45) is 5.10 Å². The van der Waals surface area contributed by atoms with Crippen LogP contribution in [0.4, 0.5) is 5.69 Å².